The average molecular weight is 382 g/mol. The summed E-state index contributed by atoms with van der Waals surface area (Å²) in [7, 11) is 0. The number of hydrogen-bond donors (Lipinski definition) is 2. The van der Waals surface area contributed by atoms with Gasteiger partial charge in [0.05, 0.1) is 18.0 Å². The molecule has 1 aromatic rings. The molecule has 0 aliphatic heterocycles. The van der Waals surface area contributed by atoms with Crippen LogP contribution in [0.3, 0.4) is 0 Å². The predicted octanol–water partition coefficient (Wildman–Crippen LogP) is 2.05. The number of alkyl carbamates (subject to hydrolysis) is 1. The summed E-state index contributed by atoms with van der Waals surface area (Å²) in [5.74, 6) is -2.20. The Balaban J connectivity index is 2.46. The van der Waals surface area contributed by atoms with Gasteiger partial charge in [0.1, 0.15) is 11.6 Å². The minimum Gasteiger partial charge on any atom is -0.480 e. The number of hydrogen-bond acceptors (Lipinski definition) is 7. The number of ether oxygens (including phenoxy) is 2. The molecule has 148 valence electrons. The smallest absolute Gasteiger partial charge is 0.408 e. The standard InChI is InChI=1S/C17H22N2O8/c1-17(2,3)27-16(23)18-13(15(21)22)10-14(20)26-9-8-11-4-6-12(7-5-11)19(24)25/h4-7,13H,8-10H2,1-3H3,(H,18,23)(H,21,22)/t13-/m1/s1. The van der Waals surface area contributed by atoms with Crippen LogP contribution in [0.5, 0.6) is 0 Å². The van der Waals surface area contributed by atoms with Gasteiger partial charge in [0, 0.05) is 18.6 Å². The second kappa shape index (κ2) is 9.51. The third kappa shape index (κ3) is 8.66. The Kier molecular flexibility index (Phi) is 7.70. The Morgan fingerprint density at radius 3 is 2.30 bits per heavy atom. The van der Waals surface area contributed by atoms with E-state index in [1.165, 1.54) is 24.3 Å². The van der Waals surface area contributed by atoms with Gasteiger partial charge in [-0.05, 0) is 26.3 Å². The normalized spacial score (nSPS) is 12.0. The first-order valence-corrected chi connectivity index (χ1v) is 8.09. The van der Waals surface area contributed by atoms with Crippen molar-refractivity contribution in [2.45, 2.75) is 45.3 Å². The Labute approximate surface area is 155 Å². The fraction of sp³-hybridized carbons (Fsp3) is 0.471. The molecule has 1 atom stereocenters. The largest absolute Gasteiger partial charge is 0.480 e. The molecule has 0 aliphatic carbocycles. The van der Waals surface area contributed by atoms with Crippen LogP contribution in [0.2, 0.25) is 0 Å². The van der Waals surface area contributed by atoms with Crippen molar-refractivity contribution in [1.29, 1.82) is 0 Å². The predicted molar refractivity (Wildman–Crippen MR) is 93.2 cm³/mol. The molecule has 27 heavy (non-hydrogen) atoms. The highest BCUT2D eigenvalue weighted by atomic mass is 16.6. The van der Waals surface area contributed by atoms with E-state index in [0.29, 0.717) is 6.42 Å². The number of rotatable bonds is 8. The first-order valence-electron chi connectivity index (χ1n) is 8.09. The number of carboxylic acid groups (broad SMARTS) is 1. The first kappa shape index (κ1) is 21.9. The van der Waals surface area contributed by atoms with E-state index in [1.54, 1.807) is 20.8 Å². The van der Waals surface area contributed by atoms with Crippen LogP contribution in [0, 0.1) is 10.1 Å². The molecule has 0 aromatic heterocycles. The zero-order chi connectivity index (χ0) is 20.6. The molecule has 0 unspecified atom stereocenters. The lowest BCUT2D eigenvalue weighted by molar-refractivity contribution is -0.384. The van der Waals surface area contributed by atoms with Crippen molar-refractivity contribution in [3.8, 4) is 0 Å². The molecule has 0 saturated heterocycles. The van der Waals surface area contributed by atoms with Crippen molar-refractivity contribution >= 4 is 23.7 Å². The number of non-ortho nitro benzene ring substituents is 1. The molecule has 10 heteroatoms. The second-order valence-corrected chi connectivity index (χ2v) is 6.64. The van der Waals surface area contributed by atoms with E-state index < -0.39 is 41.0 Å². The minimum absolute atomic E-state index is 0.0323. The lowest BCUT2D eigenvalue weighted by Crippen LogP contribution is -2.44. The highest BCUT2D eigenvalue weighted by Crippen LogP contribution is 2.12. The Morgan fingerprint density at radius 2 is 1.81 bits per heavy atom. The summed E-state index contributed by atoms with van der Waals surface area (Å²) >= 11 is 0. The molecular formula is C17H22N2O8. The van der Waals surface area contributed by atoms with Crippen molar-refractivity contribution in [2.75, 3.05) is 6.61 Å². The zero-order valence-electron chi connectivity index (χ0n) is 15.3. The van der Waals surface area contributed by atoms with E-state index in [9.17, 15) is 24.5 Å². The van der Waals surface area contributed by atoms with Crippen LogP contribution >= 0.6 is 0 Å². The number of esters is 1. The third-order valence-corrected chi connectivity index (χ3v) is 3.16. The number of nitro groups is 1. The number of nitrogens with one attached hydrogen (secondary N) is 1. The Hall–Kier alpha value is -3.17. The van der Waals surface area contributed by atoms with Gasteiger partial charge in [-0.25, -0.2) is 9.59 Å². The fourth-order valence-electron chi connectivity index (χ4n) is 1.94. The van der Waals surface area contributed by atoms with E-state index in [-0.39, 0.29) is 12.3 Å². The van der Waals surface area contributed by atoms with Crippen molar-refractivity contribution in [2.24, 2.45) is 0 Å². The van der Waals surface area contributed by atoms with Crippen LogP contribution in [0.25, 0.3) is 0 Å². The molecule has 0 aliphatic rings. The minimum atomic E-state index is -1.48. The molecule has 2 N–H and O–H groups in total. The summed E-state index contributed by atoms with van der Waals surface area (Å²) in [6, 6.07) is 4.27. The highest BCUT2D eigenvalue weighted by Gasteiger charge is 2.26. The van der Waals surface area contributed by atoms with Crippen LogP contribution in [0.1, 0.15) is 32.8 Å². The number of nitro benzene ring substituents is 1. The Bertz CT molecular complexity index is 694. The van der Waals surface area contributed by atoms with Gasteiger partial charge in [0.2, 0.25) is 0 Å². The van der Waals surface area contributed by atoms with E-state index in [1.807, 2.05) is 0 Å². The first-order chi connectivity index (χ1) is 12.5. The van der Waals surface area contributed by atoms with E-state index in [0.717, 1.165) is 5.56 Å². The molecule has 10 nitrogen and oxygen atoms in total. The number of carbonyl (C=O) groups is 3. The maximum atomic E-state index is 11.8. The highest BCUT2D eigenvalue weighted by molar-refractivity contribution is 5.85. The molecule has 0 heterocycles. The van der Waals surface area contributed by atoms with Gasteiger partial charge in [0.15, 0.2) is 0 Å². The van der Waals surface area contributed by atoms with E-state index in [4.69, 9.17) is 14.6 Å². The van der Waals surface area contributed by atoms with Gasteiger partial charge in [-0.15, -0.1) is 0 Å². The third-order valence-electron chi connectivity index (χ3n) is 3.16. The maximum absolute atomic E-state index is 11.8. The molecule has 1 amide bonds. The van der Waals surface area contributed by atoms with Crippen molar-refractivity contribution in [3.05, 3.63) is 39.9 Å². The monoisotopic (exact) mass is 382 g/mol. The van der Waals surface area contributed by atoms with Crippen LogP contribution in [-0.4, -0.2) is 46.3 Å². The Morgan fingerprint density at radius 1 is 1.22 bits per heavy atom. The fourth-order valence-corrected chi connectivity index (χ4v) is 1.94. The molecule has 0 bridgehead atoms. The lowest BCUT2D eigenvalue weighted by atomic mass is 10.1. The summed E-state index contributed by atoms with van der Waals surface area (Å²) in [5, 5.41) is 21.8. The number of amides is 1. The van der Waals surface area contributed by atoms with Crippen LogP contribution in [-0.2, 0) is 25.5 Å². The number of carboxylic acids is 1. The van der Waals surface area contributed by atoms with Crippen LogP contribution in [0.4, 0.5) is 10.5 Å². The molecule has 0 fully saturated rings. The number of benzene rings is 1. The molecular weight excluding hydrogens is 360 g/mol. The van der Waals surface area contributed by atoms with Gasteiger partial charge in [-0.3, -0.25) is 14.9 Å². The molecule has 0 radical (unpaired) electrons. The van der Waals surface area contributed by atoms with Gasteiger partial charge in [0.25, 0.3) is 5.69 Å². The summed E-state index contributed by atoms with van der Waals surface area (Å²) in [4.78, 5) is 44.7. The zero-order valence-corrected chi connectivity index (χ0v) is 15.3. The quantitative estimate of drug-likeness (QED) is 0.395. The van der Waals surface area contributed by atoms with E-state index in [2.05, 4.69) is 5.32 Å². The summed E-state index contributed by atoms with van der Waals surface area (Å²) in [6.45, 7) is 4.83. The van der Waals surface area contributed by atoms with Crippen LogP contribution in [0.15, 0.2) is 24.3 Å². The summed E-state index contributed by atoms with van der Waals surface area (Å²) in [5.41, 5.74) is -0.137. The van der Waals surface area contributed by atoms with Crippen molar-refractivity contribution in [1.82, 2.24) is 5.32 Å². The van der Waals surface area contributed by atoms with Gasteiger partial charge in [-0.1, -0.05) is 12.1 Å². The lowest BCUT2D eigenvalue weighted by Gasteiger charge is -2.21. The summed E-state index contributed by atoms with van der Waals surface area (Å²) in [6.07, 6.45) is -1.20. The summed E-state index contributed by atoms with van der Waals surface area (Å²) < 4.78 is 9.91. The van der Waals surface area contributed by atoms with Crippen LogP contribution < -0.4 is 5.32 Å². The second-order valence-electron chi connectivity index (χ2n) is 6.64. The molecule has 0 saturated carbocycles. The molecule has 1 aromatic carbocycles. The van der Waals surface area contributed by atoms with Gasteiger partial charge in [-0.2, -0.15) is 0 Å². The molecule has 1 rings (SSSR count). The van der Waals surface area contributed by atoms with Crippen molar-refractivity contribution in [3.63, 3.8) is 0 Å². The molecule has 0 spiro atoms. The average Bonchev–Trinajstić information content (AvgIpc) is 2.52. The van der Waals surface area contributed by atoms with Crippen molar-refractivity contribution < 1.29 is 33.9 Å². The van der Waals surface area contributed by atoms with E-state index >= 15 is 0 Å². The number of nitrogens with zero attached hydrogens (tertiary/aromatic N) is 1. The number of carbonyl (C=O) groups excluding carboxylic acids is 2. The topological polar surface area (TPSA) is 145 Å². The maximum Gasteiger partial charge on any atom is 0.408 e. The van der Waals surface area contributed by atoms with Gasteiger partial charge < -0.3 is 19.9 Å². The van der Waals surface area contributed by atoms with Gasteiger partial charge >= 0.3 is 18.0 Å². The number of aliphatic carboxylic acids is 1. The SMILES string of the molecule is CC(C)(C)OC(=O)N[C@H](CC(=O)OCCc1ccc([N+](=O)[O-])cc1)C(=O)O.